The molecule has 0 atom stereocenters. The standard InChI is InChI=1S/C30H30N4O3/c1-37-27-15-9-8-14-25(27)28-26(21-34(32-28)20-22-10-4-2-5-11-22)30(36)33-18-16-24(17-19-33)31-29(35)23-12-6-3-7-13-23/h2-15,21,24H,16-20H2,1H3,(H,31,35). The second-order valence-electron chi connectivity index (χ2n) is 9.18. The zero-order valence-electron chi connectivity index (χ0n) is 20.8. The van der Waals surface area contributed by atoms with Crippen molar-refractivity contribution in [3.8, 4) is 17.0 Å². The lowest BCUT2D eigenvalue weighted by Gasteiger charge is -2.32. The summed E-state index contributed by atoms with van der Waals surface area (Å²) in [6.07, 6.45) is 3.24. The number of methoxy groups -OCH3 is 1. The van der Waals surface area contributed by atoms with Gasteiger partial charge in [0.15, 0.2) is 0 Å². The number of benzene rings is 3. The number of carbonyl (C=O) groups excluding carboxylic acids is 2. The Morgan fingerprint density at radius 2 is 1.57 bits per heavy atom. The van der Waals surface area contributed by atoms with E-state index in [9.17, 15) is 9.59 Å². The second-order valence-corrected chi connectivity index (χ2v) is 9.18. The number of amides is 2. The van der Waals surface area contributed by atoms with Crippen molar-refractivity contribution in [1.82, 2.24) is 20.0 Å². The summed E-state index contributed by atoms with van der Waals surface area (Å²) in [5.41, 5.74) is 3.69. The van der Waals surface area contributed by atoms with Gasteiger partial charge in [0, 0.05) is 36.5 Å². The molecule has 1 fully saturated rings. The van der Waals surface area contributed by atoms with Gasteiger partial charge in [-0.25, -0.2) is 0 Å². The summed E-state index contributed by atoms with van der Waals surface area (Å²) < 4.78 is 7.40. The van der Waals surface area contributed by atoms with Gasteiger partial charge < -0.3 is 15.0 Å². The smallest absolute Gasteiger partial charge is 0.257 e. The van der Waals surface area contributed by atoms with Crippen molar-refractivity contribution in [2.75, 3.05) is 20.2 Å². The summed E-state index contributed by atoms with van der Waals surface area (Å²) in [5.74, 6) is 0.530. The average Bonchev–Trinajstić information content (AvgIpc) is 3.37. The number of piperidine rings is 1. The minimum Gasteiger partial charge on any atom is -0.496 e. The number of carbonyl (C=O) groups is 2. The average molecular weight is 495 g/mol. The van der Waals surface area contributed by atoms with Gasteiger partial charge in [-0.15, -0.1) is 0 Å². The van der Waals surface area contributed by atoms with Gasteiger partial charge in [-0.3, -0.25) is 14.3 Å². The van der Waals surface area contributed by atoms with Gasteiger partial charge in [0.25, 0.3) is 11.8 Å². The predicted molar refractivity (Wildman–Crippen MR) is 143 cm³/mol. The Kier molecular flexibility index (Phi) is 7.31. The van der Waals surface area contributed by atoms with Crippen LogP contribution < -0.4 is 10.1 Å². The van der Waals surface area contributed by atoms with Gasteiger partial charge in [0.2, 0.25) is 0 Å². The largest absolute Gasteiger partial charge is 0.496 e. The van der Waals surface area contributed by atoms with Gasteiger partial charge in [-0.1, -0.05) is 60.7 Å². The summed E-state index contributed by atoms with van der Waals surface area (Å²) in [7, 11) is 1.62. The molecule has 0 spiro atoms. The molecule has 1 saturated heterocycles. The number of likely N-dealkylation sites (tertiary alicyclic amines) is 1. The van der Waals surface area contributed by atoms with Crippen molar-refractivity contribution < 1.29 is 14.3 Å². The van der Waals surface area contributed by atoms with Crippen molar-refractivity contribution >= 4 is 11.8 Å². The Labute approximate surface area is 216 Å². The third-order valence-corrected chi connectivity index (χ3v) is 6.69. The Hall–Kier alpha value is -4.39. The lowest BCUT2D eigenvalue weighted by Crippen LogP contribution is -2.46. The minimum atomic E-state index is -0.0778. The van der Waals surface area contributed by atoms with Crippen LogP contribution in [0.2, 0.25) is 0 Å². The Morgan fingerprint density at radius 3 is 2.27 bits per heavy atom. The van der Waals surface area contributed by atoms with Crippen LogP contribution in [0.5, 0.6) is 5.75 Å². The minimum absolute atomic E-state index is 0.0336. The molecule has 0 radical (unpaired) electrons. The lowest BCUT2D eigenvalue weighted by molar-refractivity contribution is 0.0698. The molecule has 37 heavy (non-hydrogen) atoms. The quantitative estimate of drug-likeness (QED) is 0.406. The maximum Gasteiger partial charge on any atom is 0.257 e. The van der Waals surface area contributed by atoms with E-state index in [0.717, 1.165) is 11.1 Å². The monoisotopic (exact) mass is 494 g/mol. The first kappa shape index (κ1) is 24.3. The Morgan fingerprint density at radius 1 is 0.919 bits per heavy atom. The number of para-hydroxylation sites is 1. The van der Waals surface area contributed by atoms with Crippen LogP contribution in [-0.2, 0) is 6.54 Å². The topological polar surface area (TPSA) is 76.5 Å². The third kappa shape index (κ3) is 5.56. The van der Waals surface area contributed by atoms with Gasteiger partial charge in [0.05, 0.1) is 19.2 Å². The Bertz CT molecular complexity index is 1360. The molecule has 5 rings (SSSR count). The number of aromatic nitrogens is 2. The third-order valence-electron chi connectivity index (χ3n) is 6.69. The number of nitrogens with zero attached hydrogens (tertiary/aromatic N) is 3. The first-order valence-corrected chi connectivity index (χ1v) is 12.5. The van der Waals surface area contributed by atoms with E-state index in [-0.39, 0.29) is 17.9 Å². The molecule has 7 heteroatoms. The fourth-order valence-electron chi connectivity index (χ4n) is 4.72. The van der Waals surface area contributed by atoms with Crippen LogP contribution in [0.1, 0.15) is 39.1 Å². The van der Waals surface area contributed by atoms with Gasteiger partial charge >= 0.3 is 0 Å². The molecule has 0 saturated carbocycles. The van der Waals surface area contributed by atoms with Crippen molar-refractivity contribution in [2.24, 2.45) is 0 Å². The van der Waals surface area contributed by atoms with Crippen LogP contribution in [0.4, 0.5) is 0 Å². The maximum atomic E-state index is 13.8. The molecule has 7 nitrogen and oxygen atoms in total. The highest BCUT2D eigenvalue weighted by molar-refractivity contribution is 6.00. The molecule has 3 aromatic carbocycles. The molecule has 1 N–H and O–H groups in total. The summed E-state index contributed by atoms with van der Waals surface area (Å²) >= 11 is 0. The Balaban J connectivity index is 1.34. The van der Waals surface area contributed by atoms with E-state index < -0.39 is 0 Å². The zero-order valence-corrected chi connectivity index (χ0v) is 20.8. The van der Waals surface area contributed by atoms with Crippen LogP contribution in [0.15, 0.2) is 91.1 Å². The molecule has 2 amide bonds. The van der Waals surface area contributed by atoms with E-state index in [1.165, 1.54) is 0 Å². The highest BCUT2D eigenvalue weighted by Gasteiger charge is 2.29. The molecule has 188 valence electrons. The lowest BCUT2D eigenvalue weighted by atomic mass is 10.0. The van der Waals surface area contributed by atoms with Crippen molar-refractivity contribution in [3.05, 3.63) is 108 Å². The highest BCUT2D eigenvalue weighted by atomic mass is 16.5. The fourth-order valence-corrected chi connectivity index (χ4v) is 4.72. The molecule has 1 aliphatic rings. The first-order valence-electron chi connectivity index (χ1n) is 12.5. The number of rotatable bonds is 7. The highest BCUT2D eigenvalue weighted by Crippen LogP contribution is 2.32. The van der Waals surface area contributed by atoms with Gasteiger partial charge in [0.1, 0.15) is 11.4 Å². The zero-order chi connectivity index (χ0) is 25.6. The maximum absolute atomic E-state index is 13.8. The van der Waals surface area contributed by atoms with Crippen molar-refractivity contribution in [2.45, 2.75) is 25.4 Å². The van der Waals surface area contributed by atoms with Crippen LogP contribution in [0.3, 0.4) is 0 Å². The molecule has 1 aliphatic heterocycles. The summed E-state index contributed by atoms with van der Waals surface area (Å²) in [6.45, 7) is 1.69. The van der Waals surface area contributed by atoms with E-state index in [1.54, 1.807) is 19.2 Å². The second kappa shape index (κ2) is 11.1. The van der Waals surface area contributed by atoms with Gasteiger partial charge in [-0.05, 0) is 42.7 Å². The molecule has 0 aliphatic carbocycles. The number of hydrogen-bond acceptors (Lipinski definition) is 4. The molecule has 1 aromatic heterocycles. The molecular weight excluding hydrogens is 464 g/mol. The molecule has 2 heterocycles. The van der Waals surface area contributed by atoms with Crippen molar-refractivity contribution in [3.63, 3.8) is 0 Å². The van der Waals surface area contributed by atoms with E-state index in [0.29, 0.717) is 55.0 Å². The SMILES string of the molecule is COc1ccccc1-c1nn(Cc2ccccc2)cc1C(=O)N1CCC(NC(=O)c2ccccc2)CC1. The first-order chi connectivity index (χ1) is 18.1. The van der Waals surface area contributed by atoms with E-state index in [4.69, 9.17) is 9.84 Å². The van der Waals surface area contributed by atoms with Crippen LogP contribution >= 0.6 is 0 Å². The fraction of sp³-hybridized carbons (Fsp3) is 0.233. The summed E-state index contributed by atoms with van der Waals surface area (Å²) in [4.78, 5) is 28.2. The van der Waals surface area contributed by atoms with E-state index in [2.05, 4.69) is 5.32 Å². The number of hydrogen-bond donors (Lipinski definition) is 1. The van der Waals surface area contributed by atoms with E-state index >= 15 is 0 Å². The number of nitrogens with one attached hydrogen (secondary N) is 1. The van der Waals surface area contributed by atoms with Crippen LogP contribution in [0.25, 0.3) is 11.3 Å². The summed E-state index contributed by atoms with van der Waals surface area (Å²) in [5, 5.41) is 7.93. The number of ether oxygens (including phenoxy) is 1. The molecule has 4 aromatic rings. The van der Waals surface area contributed by atoms with Gasteiger partial charge in [-0.2, -0.15) is 5.10 Å². The molecule has 0 bridgehead atoms. The normalized spacial score (nSPS) is 13.8. The predicted octanol–water partition coefficient (Wildman–Crippen LogP) is 4.64. The van der Waals surface area contributed by atoms with E-state index in [1.807, 2.05) is 88.6 Å². The summed E-state index contributed by atoms with van der Waals surface area (Å²) in [6, 6.07) is 26.9. The van der Waals surface area contributed by atoms with Crippen LogP contribution in [0, 0.1) is 0 Å². The molecule has 0 unspecified atom stereocenters. The molecular formula is C30H30N4O3. The van der Waals surface area contributed by atoms with Crippen LogP contribution in [-0.4, -0.2) is 52.7 Å². The van der Waals surface area contributed by atoms with Crippen molar-refractivity contribution in [1.29, 1.82) is 0 Å².